The van der Waals surface area contributed by atoms with Crippen molar-refractivity contribution in [2.75, 3.05) is 11.9 Å². The first-order valence-electron chi connectivity index (χ1n) is 5.34. The summed E-state index contributed by atoms with van der Waals surface area (Å²) in [6.45, 7) is 3.26. The second-order valence-corrected chi connectivity index (χ2v) is 4.74. The molecule has 0 aliphatic carbocycles. The Kier molecular flexibility index (Phi) is 4.23. The number of anilines is 1. The van der Waals surface area contributed by atoms with Gasteiger partial charge in [0.05, 0.1) is 18.2 Å². The Morgan fingerprint density at radius 3 is 3.00 bits per heavy atom. The van der Waals surface area contributed by atoms with Crippen LogP contribution in [0.4, 0.5) is 5.69 Å². The third-order valence-corrected chi connectivity index (χ3v) is 3.23. The summed E-state index contributed by atoms with van der Waals surface area (Å²) < 4.78 is 5.37. The van der Waals surface area contributed by atoms with E-state index in [0.29, 0.717) is 23.9 Å². The summed E-state index contributed by atoms with van der Waals surface area (Å²) >= 11 is 7.72. The number of halogens is 1. The van der Waals surface area contributed by atoms with Gasteiger partial charge in [-0.05, 0) is 25.1 Å². The fraction of sp³-hybridized carbons (Fsp3) is 0.250. The number of hydrogen-bond donors (Lipinski definition) is 1. The molecule has 0 radical (unpaired) electrons. The Morgan fingerprint density at radius 1 is 1.47 bits per heavy atom. The van der Waals surface area contributed by atoms with Gasteiger partial charge in [-0.2, -0.15) is 0 Å². The minimum absolute atomic E-state index is 0.617. The molecule has 1 N–H and O–H groups in total. The Bertz CT molecular complexity index is 473. The minimum atomic E-state index is 0.617. The van der Waals surface area contributed by atoms with E-state index in [1.165, 1.54) is 0 Å². The predicted molar refractivity (Wildman–Crippen MR) is 72.1 cm³/mol. The van der Waals surface area contributed by atoms with Gasteiger partial charge in [0.2, 0.25) is 0 Å². The Balaban J connectivity index is 2.00. The van der Waals surface area contributed by atoms with E-state index < -0.39 is 0 Å². The van der Waals surface area contributed by atoms with Crippen LogP contribution in [0.2, 0.25) is 5.02 Å². The molecule has 0 unspecified atom stereocenters. The number of rotatable bonds is 5. The van der Waals surface area contributed by atoms with Crippen LogP contribution in [0, 0.1) is 0 Å². The maximum atomic E-state index is 6.09. The molecule has 0 saturated carbocycles. The highest BCUT2D eigenvalue weighted by atomic mass is 35.5. The average molecular weight is 269 g/mol. The third kappa shape index (κ3) is 3.35. The molecule has 1 aromatic carbocycles. The van der Waals surface area contributed by atoms with E-state index in [0.717, 1.165) is 10.7 Å². The number of aromatic nitrogens is 1. The predicted octanol–water partition coefficient (Wildman–Crippen LogP) is 3.81. The molecule has 0 aliphatic heterocycles. The Hall–Kier alpha value is -1.26. The van der Waals surface area contributed by atoms with E-state index in [9.17, 15) is 0 Å². The van der Waals surface area contributed by atoms with Crippen LogP contribution < -0.4 is 10.1 Å². The molecule has 0 spiro atoms. The van der Waals surface area contributed by atoms with Crippen molar-refractivity contribution in [1.29, 1.82) is 0 Å². The van der Waals surface area contributed by atoms with Crippen LogP contribution in [0.1, 0.15) is 11.9 Å². The van der Waals surface area contributed by atoms with Crippen LogP contribution in [0.25, 0.3) is 0 Å². The van der Waals surface area contributed by atoms with E-state index in [1.54, 1.807) is 17.5 Å². The van der Waals surface area contributed by atoms with Crippen molar-refractivity contribution >= 4 is 28.6 Å². The lowest BCUT2D eigenvalue weighted by molar-refractivity contribution is 0.340. The average Bonchev–Trinajstić information content (AvgIpc) is 2.83. The monoisotopic (exact) mass is 268 g/mol. The number of hydrogen-bond acceptors (Lipinski definition) is 4. The summed E-state index contributed by atoms with van der Waals surface area (Å²) in [6, 6.07) is 5.68. The lowest BCUT2D eigenvalue weighted by Gasteiger charge is -2.08. The Morgan fingerprint density at radius 2 is 2.35 bits per heavy atom. The van der Waals surface area contributed by atoms with Gasteiger partial charge >= 0.3 is 0 Å². The molecule has 0 amide bonds. The SMILES string of the molecule is CCOc1ccc(NCc2nccs2)cc1Cl. The lowest BCUT2D eigenvalue weighted by atomic mass is 10.3. The number of nitrogens with one attached hydrogen (secondary N) is 1. The van der Waals surface area contributed by atoms with E-state index in [2.05, 4.69) is 10.3 Å². The maximum absolute atomic E-state index is 6.09. The molecule has 2 rings (SSSR count). The molecule has 1 aromatic heterocycles. The van der Waals surface area contributed by atoms with Gasteiger partial charge in [-0.3, -0.25) is 0 Å². The summed E-state index contributed by atoms with van der Waals surface area (Å²) in [4.78, 5) is 4.20. The maximum Gasteiger partial charge on any atom is 0.138 e. The van der Waals surface area contributed by atoms with Crippen molar-refractivity contribution in [2.45, 2.75) is 13.5 Å². The highest BCUT2D eigenvalue weighted by molar-refractivity contribution is 7.09. The quantitative estimate of drug-likeness (QED) is 0.895. The number of nitrogens with zero attached hydrogens (tertiary/aromatic N) is 1. The summed E-state index contributed by atoms with van der Waals surface area (Å²) in [6.07, 6.45) is 1.80. The number of benzene rings is 1. The van der Waals surface area contributed by atoms with Crippen LogP contribution in [0.3, 0.4) is 0 Å². The van der Waals surface area contributed by atoms with Crippen LogP contribution in [-0.4, -0.2) is 11.6 Å². The molecule has 90 valence electrons. The van der Waals surface area contributed by atoms with Gasteiger partial charge in [0, 0.05) is 17.3 Å². The van der Waals surface area contributed by atoms with Crippen LogP contribution in [-0.2, 0) is 6.54 Å². The van der Waals surface area contributed by atoms with Crippen molar-refractivity contribution < 1.29 is 4.74 Å². The minimum Gasteiger partial charge on any atom is -0.492 e. The first-order chi connectivity index (χ1) is 8.29. The van der Waals surface area contributed by atoms with Crippen molar-refractivity contribution in [3.8, 4) is 5.75 Å². The van der Waals surface area contributed by atoms with E-state index >= 15 is 0 Å². The molecule has 3 nitrogen and oxygen atoms in total. The zero-order chi connectivity index (χ0) is 12.1. The fourth-order valence-corrected chi connectivity index (χ4v) is 2.19. The standard InChI is InChI=1S/C12H13ClN2OS/c1-2-16-11-4-3-9(7-10(11)13)15-8-12-14-5-6-17-12/h3-7,15H,2,8H2,1H3. The number of ether oxygens (including phenoxy) is 1. The molecule has 17 heavy (non-hydrogen) atoms. The first kappa shape index (κ1) is 12.2. The topological polar surface area (TPSA) is 34.1 Å². The molecular formula is C12H13ClN2OS. The lowest BCUT2D eigenvalue weighted by Crippen LogP contribution is -1.99. The second-order valence-electron chi connectivity index (χ2n) is 3.36. The highest BCUT2D eigenvalue weighted by Gasteiger charge is 2.02. The summed E-state index contributed by atoms with van der Waals surface area (Å²) in [5.41, 5.74) is 0.966. The van der Waals surface area contributed by atoms with Crippen LogP contribution in [0.5, 0.6) is 5.75 Å². The largest absolute Gasteiger partial charge is 0.492 e. The van der Waals surface area contributed by atoms with Crippen molar-refractivity contribution in [3.05, 3.63) is 39.8 Å². The van der Waals surface area contributed by atoms with Crippen molar-refractivity contribution in [1.82, 2.24) is 4.98 Å². The van der Waals surface area contributed by atoms with Gasteiger partial charge in [0.15, 0.2) is 0 Å². The van der Waals surface area contributed by atoms with Crippen LogP contribution >= 0.6 is 22.9 Å². The fourth-order valence-electron chi connectivity index (χ4n) is 1.40. The first-order valence-corrected chi connectivity index (χ1v) is 6.60. The molecule has 0 aliphatic rings. The smallest absolute Gasteiger partial charge is 0.138 e. The molecule has 1 heterocycles. The van der Waals surface area contributed by atoms with E-state index in [4.69, 9.17) is 16.3 Å². The van der Waals surface area contributed by atoms with Gasteiger partial charge in [-0.1, -0.05) is 11.6 Å². The van der Waals surface area contributed by atoms with E-state index in [-0.39, 0.29) is 0 Å². The third-order valence-electron chi connectivity index (χ3n) is 2.16. The zero-order valence-corrected chi connectivity index (χ0v) is 11.0. The zero-order valence-electron chi connectivity index (χ0n) is 9.44. The second kappa shape index (κ2) is 5.89. The molecule has 0 saturated heterocycles. The van der Waals surface area contributed by atoms with Gasteiger partial charge in [-0.25, -0.2) is 4.98 Å². The summed E-state index contributed by atoms with van der Waals surface area (Å²) in [5, 5.41) is 6.90. The number of thiazole rings is 1. The van der Waals surface area contributed by atoms with Gasteiger partial charge < -0.3 is 10.1 Å². The molecule has 0 atom stereocenters. The molecule has 5 heteroatoms. The molecule has 2 aromatic rings. The van der Waals surface area contributed by atoms with Gasteiger partial charge in [0.1, 0.15) is 10.8 Å². The van der Waals surface area contributed by atoms with Crippen LogP contribution in [0.15, 0.2) is 29.8 Å². The summed E-state index contributed by atoms with van der Waals surface area (Å²) in [5.74, 6) is 0.717. The highest BCUT2D eigenvalue weighted by Crippen LogP contribution is 2.27. The Labute approximate surface area is 109 Å². The van der Waals surface area contributed by atoms with Crippen molar-refractivity contribution in [3.63, 3.8) is 0 Å². The normalized spacial score (nSPS) is 10.2. The molecule has 0 fully saturated rings. The van der Waals surface area contributed by atoms with Crippen molar-refractivity contribution in [2.24, 2.45) is 0 Å². The molecular weight excluding hydrogens is 256 g/mol. The summed E-state index contributed by atoms with van der Waals surface area (Å²) in [7, 11) is 0. The van der Waals surface area contributed by atoms with Gasteiger partial charge in [-0.15, -0.1) is 11.3 Å². The van der Waals surface area contributed by atoms with Gasteiger partial charge in [0.25, 0.3) is 0 Å². The van der Waals surface area contributed by atoms with E-state index in [1.807, 2.05) is 30.5 Å². The molecule has 0 bridgehead atoms.